The summed E-state index contributed by atoms with van der Waals surface area (Å²) in [6, 6.07) is 29.6. The Kier molecular flexibility index (Phi) is 5.44. The summed E-state index contributed by atoms with van der Waals surface area (Å²) in [4.78, 5) is 27.3. The van der Waals surface area contributed by atoms with E-state index in [9.17, 15) is 9.59 Å². The molecule has 170 valence electrons. The van der Waals surface area contributed by atoms with Gasteiger partial charge in [0.2, 0.25) is 0 Å². The van der Waals surface area contributed by atoms with Gasteiger partial charge in [-0.2, -0.15) is 0 Å². The Labute approximate surface area is 211 Å². The highest BCUT2D eigenvalue weighted by Gasteiger charge is 2.38. The van der Waals surface area contributed by atoms with Gasteiger partial charge in [0, 0.05) is 26.6 Å². The molecule has 1 N–H and O–H groups in total. The van der Waals surface area contributed by atoms with Crippen LogP contribution in [0.3, 0.4) is 0 Å². The lowest BCUT2D eigenvalue weighted by atomic mass is 10.0. The number of carbonyl (C=O) groups excluding carboxylic acids is 2. The van der Waals surface area contributed by atoms with Crippen LogP contribution in [-0.2, 0) is 0 Å². The number of anilines is 1. The Bertz CT molecular complexity index is 1530. The number of thioether (sulfide) groups is 1. The van der Waals surface area contributed by atoms with E-state index in [4.69, 9.17) is 16.3 Å². The standard InChI is InChI=1S/C29H18ClNO3S/c30-19-14-12-17(13-15-19)29(33)34-20-7-5-6-18(16-20)28-25-26(21-8-1-2-9-22(21)27(25)32)31-23-10-3-4-11-24(23)35-28/h1-16,28,31H. The van der Waals surface area contributed by atoms with Crippen LogP contribution < -0.4 is 10.1 Å². The van der Waals surface area contributed by atoms with Crippen LogP contribution in [0.1, 0.15) is 37.1 Å². The second-order valence-electron chi connectivity index (χ2n) is 8.25. The lowest BCUT2D eigenvalue weighted by Gasteiger charge is -2.18. The first-order chi connectivity index (χ1) is 17.1. The average molecular weight is 496 g/mol. The van der Waals surface area contributed by atoms with Gasteiger partial charge in [-0.1, -0.05) is 60.1 Å². The molecule has 0 fully saturated rings. The van der Waals surface area contributed by atoms with Crippen LogP contribution in [0.15, 0.2) is 108 Å². The maximum atomic E-state index is 13.6. The molecule has 4 nitrogen and oxygen atoms in total. The third kappa shape index (κ3) is 3.93. The Hall–Kier alpha value is -3.80. The van der Waals surface area contributed by atoms with Crippen molar-refractivity contribution in [1.29, 1.82) is 0 Å². The van der Waals surface area contributed by atoms with E-state index in [2.05, 4.69) is 5.32 Å². The zero-order valence-electron chi connectivity index (χ0n) is 18.3. The minimum atomic E-state index is -0.469. The van der Waals surface area contributed by atoms with Crippen molar-refractivity contribution in [2.75, 3.05) is 5.32 Å². The van der Waals surface area contributed by atoms with Crippen LogP contribution in [0.25, 0.3) is 5.70 Å². The van der Waals surface area contributed by atoms with Crippen LogP contribution in [-0.4, -0.2) is 11.8 Å². The smallest absolute Gasteiger partial charge is 0.343 e. The summed E-state index contributed by atoms with van der Waals surface area (Å²) in [7, 11) is 0. The molecule has 0 aromatic heterocycles. The minimum absolute atomic E-state index is 0.0111. The van der Waals surface area contributed by atoms with Gasteiger partial charge < -0.3 is 10.1 Å². The van der Waals surface area contributed by atoms with Gasteiger partial charge in [-0.05, 0) is 54.1 Å². The zero-order chi connectivity index (χ0) is 23.9. The SMILES string of the molecule is O=C(Oc1cccc(C2Sc3ccccc3NC3=C2C(=O)c2ccccc23)c1)c1ccc(Cl)cc1. The van der Waals surface area contributed by atoms with Crippen molar-refractivity contribution >= 4 is 46.5 Å². The number of fused-ring (bicyclic) bond motifs is 3. The summed E-state index contributed by atoms with van der Waals surface area (Å²) in [5.74, 6) is -0.0424. The maximum absolute atomic E-state index is 13.6. The van der Waals surface area contributed by atoms with Crippen LogP contribution in [0, 0.1) is 0 Å². The summed E-state index contributed by atoms with van der Waals surface area (Å²) in [5.41, 5.74) is 5.38. The number of Topliss-reactive ketones (excluding diaryl/α,β-unsaturated/α-hetero) is 1. The summed E-state index contributed by atoms with van der Waals surface area (Å²) < 4.78 is 5.66. The van der Waals surface area contributed by atoms with Crippen LogP contribution >= 0.6 is 23.4 Å². The highest BCUT2D eigenvalue weighted by Crippen LogP contribution is 2.52. The van der Waals surface area contributed by atoms with Crippen LogP contribution in [0.5, 0.6) is 5.75 Å². The van der Waals surface area contributed by atoms with E-state index in [0.29, 0.717) is 27.5 Å². The molecule has 0 saturated heterocycles. The molecule has 35 heavy (non-hydrogen) atoms. The molecule has 0 radical (unpaired) electrons. The number of para-hydroxylation sites is 1. The highest BCUT2D eigenvalue weighted by atomic mass is 35.5. The molecule has 1 heterocycles. The van der Waals surface area contributed by atoms with Crippen molar-refractivity contribution in [2.24, 2.45) is 0 Å². The van der Waals surface area contributed by atoms with E-state index in [0.717, 1.165) is 27.4 Å². The molecule has 0 bridgehead atoms. The molecule has 0 spiro atoms. The van der Waals surface area contributed by atoms with Gasteiger partial charge in [-0.3, -0.25) is 4.79 Å². The van der Waals surface area contributed by atoms with Crippen molar-refractivity contribution in [3.63, 3.8) is 0 Å². The van der Waals surface area contributed by atoms with Gasteiger partial charge in [0.1, 0.15) is 5.75 Å². The number of halogens is 1. The van der Waals surface area contributed by atoms with E-state index in [1.807, 2.05) is 66.7 Å². The largest absolute Gasteiger partial charge is 0.423 e. The fourth-order valence-electron chi connectivity index (χ4n) is 4.41. The van der Waals surface area contributed by atoms with E-state index >= 15 is 0 Å². The second kappa shape index (κ2) is 8.77. The molecule has 4 aromatic carbocycles. The van der Waals surface area contributed by atoms with Gasteiger partial charge in [0.25, 0.3) is 0 Å². The van der Waals surface area contributed by atoms with Crippen molar-refractivity contribution < 1.29 is 14.3 Å². The topological polar surface area (TPSA) is 55.4 Å². The normalized spacial score (nSPS) is 16.0. The molecule has 0 saturated carbocycles. The third-order valence-corrected chi connectivity index (χ3v) is 7.67. The maximum Gasteiger partial charge on any atom is 0.343 e. The molecule has 1 aliphatic heterocycles. The molecule has 1 aliphatic carbocycles. The van der Waals surface area contributed by atoms with Crippen molar-refractivity contribution in [3.8, 4) is 5.75 Å². The monoisotopic (exact) mass is 495 g/mol. The number of nitrogens with one attached hydrogen (secondary N) is 1. The first kappa shape index (κ1) is 21.7. The van der Waals surface area contributed by atoms with E-state index in [1.165, 1.54) is 0 Å². The molecule has 6 heteroatoms. The number of ketones is 1. The Morgan fingerprint density at radius 3 is 2.43 bits per heavy atom. The molecular weight excluding hydrogens is 478 g/mol. The number of hydrogen-bond acceptors (Lipinski definition) is 5. The first-order valence-electron chi connectivity index (χ1n) is 11.1. The molecule has 6 rings (SSSR count). The van der Waals surface area contributed by atoms with Crippen LogP contribution in [0.4, 0.5) is 5.69 Å². The lowest BCUT2D eigenvalue weighted by molar-refractivity contribution is 0.0734. The molecular formula is C29H18ClNO3S. The fourth-order valence-corrected chi connectivity index (χ4v) is 5.82. The quantitative estimate of drug-likeness (QED) is 0.236. The summed E-state index contributed by atoms with van der Waals surface area (Å²) in [5, 5.41) is 3.79. The van der Waals surface area contributed by atoms with Gasteiger partial charge in [-0.25, -0.2) is 4.79 Å². The van der Waals surface area contributed by atoms with Gasteiger partial charge in [-0.15, -0.1) is 11.8 Å². The number of benzene rings is 4. The summed E-state index contributed by atoms with van der Waals surface area (Å²) >= 11 is 7.54. The number of ether oxygens (including phenoxy) is 1. The van der Waals surface area contributed by atoms with E-state index < -0.39 is 5.97 Å². The highest BCUT2D eigenvalue weighted by molar-refractivity contribution is 8.00. The Balaban J connectivity index is 1.41. The third-order valence-electron chi connectivity index (χ3n) is 6.06. The van der Waals surface area contributed by atoms with Crippen molar-refractivity contribution in [2.45, 2.75) is 10.1 Å². The molecule has 1 unspecified atom stereocenters. The van der Waals surface area contributed by atoms with E-state index in [-0.39, 0.29) is 11.0 Å². The fraction of sp³-hybridized carbons (Fsp3) is 0.0345. The van der Waals surface area contributed by atoms with Crippen molar-refractivity contribution in [3.05, 3.63) is 130 Å². The number of carbonyl (C=O) groups is 2. The predicted molar refractivity (Wildman–Crippen MR) is 139 cm³/mol. The minimum Gasteiger partial charge on any atom is -0.423 e. The first-order valence-corrected chi connectivity index (χ1v) is 12.3. The summed E-state index contributed by atoms with van der Waals surface area (Å²) in [6.07, 6.45) is 0. The van der Waals surface area contributed by atoms with E-state index in [1.54, 1.807) is 42.1 Å². The zero-order valence-corrected chi connectivity index (χ0v) is 19.9. The lowest BCUT2D eigenvalue weighted by Crippen LogP contribution is -2.10. The average Bonchev–Trinajstić information content (AvgIpc) is 3.04. The molecule has 0 amide bonds. The molecule has 4 aromatic rings. The summed E-state index contributed by atoms with van der Waals surface area (Å²) in [6.45, 7) is 0. The van der Waals surface area contributed by atoms with Gasteiger partial charge in [0.15, 0.2) is 5.78 Å². The molecule has 2 aliphatic rings. The number of rotatable bonds is 3. The Morgan fingerprint density at radius 2 is 1.60 bits per heavy atom. The van der Waals surface area contributed by atoms with Gasteiger partial charge in [0.05, 0.1) is 22.2 Å². The Morgan fingerprint density at radius 1 is 0.857 bits per heavy atom. The van der Waals surface area contributed by atoms with Gasteiger partial charge >= 0.3 is 5.97 Å². The second-order valence-corrected chi connectivity index (χ2v) is 9.83. The number of hydrogen-bond donors (Lipinski definition) is 1. The van der Waals surface area contributed by atoms with Crippen molar-refractivity contribution in [1.82, 2.24) is 0 Å². The molecule has 1 atom stereocenters. The number of esters is 1. The van der Waals surface area contributed by atoms with Crippen LogP contribution in [0.2, 0.25) is 5.02 Å². The predicted octanol–water partition coefficient (Wildman–Crippen LogP) is 7.43.